The van der Waals surface area contributed by atoms with Crippen LogP contribution in [0.15, 0.2) is 35.2 Å². The van der Waals surface area contributed by atoms with Gasteiger partial charge in [-0.25, -0.2) is 13.9 Å². The molecule has 1 aliphatic rings. The fraction of sp³-hybridized carbons (Fsp3) is 0.500. The molecule has 0 saturated carbocycles. The lowest BCUT2D eigenvalue weighted by molar-refractivity contribution is -0.138. The first kappa shape index (κ1) is 15.9. The molecule has 1 amide bonds. The Hall–Kier alpha value is -1.44. The van der Waals surface area contributed by atoms with E-state index >= 15 is 0 Å². The van der Waals surface area contributed by atoms with Gasteiger partial charge in [0.15, 0.2) is 0 Å². The molecule has 0 unspecified atom stereocenters. The predicted molar refractivity (Wildman–Crippen MR) is 77.7 cm³/mol. The van der Waals surface area contributed by atoms with Crippen molar-refractivity contribution in [1.82, 2.24) is 9.79 Å². The van der Waals surface area contributed by atoms with E-state index in [1.807, 2.05) is 0 Å². The Morgan fingerprint density at radius 1 is 1.29 bits per heavy atom. The molecule has 0 spiro atoms. The van der Waals surface area contributed by atoms with Gasteiger partial charge in [0.2, 0.25) is 15.9 Å². The van der Waals surface area contributed by atoms with Crippen LogP contribution in [0.3, 0.4) is 0 Å². The molecule has 0 atom stereocenters. The molecule has 2 rings (SSSR count). The summed E-state index contributed by atoms with van der Waals surface area (Å²) >= 11 is 0. The topological polar surface area (TPSA) is 75.7 Å². The molecule has 1 saturated heterocycles. The Morgan fingerprint density at radius 3 is 2.48 bits per heavy atom. The molecule has 0 aliphatic carbocycles. The second-order valence-electron chi connectivity index (χ2n) is 4.89. The van der Waals surface area contributed by atoms with Crippen LogP contribution >= 0.6 is 0 Å². The first-order valence-electron chi connectivity index (χ1n) is 7.02. The summed E-state index contributed by atoms with van der Waals surface area (Å²) in [5.41, 5.74) is 2.38. The van der Waals surface area contributed by atoms with E-state index < -0.39 is 10.0 Å². The van der Waals surface area contributed by atoms with Crippen molar-refractivity contribution in [2.24, 2.45) is 5.92 Å². The maximum Gasteiger partial charge on any atom is 0.246 e. The van der Waals surface area contributed by atoms with E-state index in [2.05, 4.69) is 5.48 Å². The molecule has 1 aromatic rings. The number of hydrogen-bond donors (Lipinski definition) is 1. The normalized spacial score (nSPS) is 17.6. The second-order valence-corrected chi connectivity index (χ2v) is 6.83. The number of hydroxylamine groups is 1. The lowest BCUT2D eigenvalue weighted by Crippen LogP contribution is -2.42. The summed E-state index contributed by atoms with van der Waals surface area (Å²) in [5.74, 6) is -0.368. The first-order chi connectivity index (χ1) is 10.1. The van der Waals surface area contributed by atoms with Gasteiger partial charge in [-0.05, 0) is 31.9 Å². The maximum absolute atomic E-state index is 12.4. The molecule has 1 fully saturated rings. The molecule has 0 radical (unpaired) electrons. The van der Waals surface area contributed by atoms with Crippen molar-refractivity contribution >= 4 is 15.9 Å². The summed E-state index contributed by atoms with van der Waals surface area (Å²) in [6, 6.07) is 8.36. The number of amides is 1. The Kier molecular flexibility index (Phi) is 5.33. The molecule has 1 aliphatic heterocycles. The van der Waals surface area contributed by atoms with E-state index in [4.69, 9.17) is 4.84 Å². The molecule has 21 heavy (non-hydrogen) atoms. The summed E-state index contributed by atoms with van der Waals surface area (Å²) in [5, 5.41) is 0. The number of hydrogen-bond acceptors (Lipinski definition) is 4. The van der Waals surface area contributed by atoms with Gasteiger partial charge in [0.25, 0.3) is 0 Å². The van der Waals surface area contributed by atoms with Crippen LogP contribution in [0.1, 0.15) is 19.8 Å². The zero-order chi connectivity index (χ0) is 15.3. The van der Waals surface area contributed by atoms with Crippen LogP contribution in [0, 0.1) is 5.92 Å². The van der Waals surface area contributed by atoms with Crippen molar-refractivity contribution in [2.45, 2.75) is 24.7 Å². The monoisotopic (exact) mass is 312 g/mol. The number of carbonyl (C=O) groups excluding carboxylic acids is 1. The third kappa shape index (κ3) is 3.81. The highest BCUT2D eigenvalue weighted by molar-refractivity contribution is 7.89. The van der Waals surface area contributed by atoms with E-state index in [9.17, 15) is 13.2 Å². The Labute approximate surface area is 125 Å². The molecule has 7 heteroatoms. The van der Waals surface area contributed by atoms with E-state index in [1.165, 1.54) is 4.31 Å². The van der Waals surface area contributed by atoms with Crippen LogP contribution in [0.25, 0.3) is 0 Å². The average Bonchev–Trinajstić information content (AvgIpc) is 2.53. The van der Waals surface area contributed by atoms with Gasteiger partial charge >= 0.3 is 0 Å². The quantitative estimate of drug-likeness (QED) is 0.828. The van der Waals surface area contributed by atoms with Crippen molar-refractivity contribution < 1.29 is 18.0 Å². The summed E-state index contributed by atoms with van der Waals surface area (Å²) in [6.45, 7) is 2.89. The molecular formula is C14H20N2O4S. The average molecular weight is 312 g/mol. The number of sulfonamides is 1. The third-order valence-electron chi connectivity index (χ3n) is 3.52. The van der Waals surface area contributed by atoms with Gasteiger partial charge in [0, 0.05) is 19.0 Å². The van der Waals surface area contributed by atoms with Crippen LogP contribution in [-0.2, 0) is 19.7 Å². The van der Waals surface area contributed by atoms with Gasteiger partial charge in [0.1, 0.15) is 0 Å². The number of piperidine rings is 1. The van der Waals surface area contributed by atoms with E-state index in [0.29, 0.717) is 37.4 Å². The van der Waals surface area contributed by atoms with Gasteiger partial charge in [-0.3, -0.25) is 9.63 Å². The Morgan fingerprint density at radius 2 is 1.90 bits per heavy atom. The van der Waals surface area contributed by atoms with E-state index in [1.54, 1.807) is 37.3 Å². The second kappa shape index (κ2) is 7.02. The largest absolute Gasteiger partial charge is 0.274 e. The summed E-state index contributed by atoms with van der Waals surface area (Å²) in [4.78, 5) is 17.0. The van der Waals surface area contributed by atoms with Crippen LogP contribution in [-0.4, -0.2) is 38.3 Å². The third-order valence-corrected chi connectivity index (χ3v) is 5.44. The summed E-state index contributed by atoms with van der Waals surface area (Å²) in [7, 11) is -3.46. The number of nitrogens with zero attached hydrogens (tertiary/aromatic N) is 1. The molecule has 1 heterocycles. The SMILES string of the molecule is CCONC(=O)C1CCN(S(=O)(=O)c2ccccc2)CC1. The molecule has 1 N–H and O–H groups in total. The predicted octanol–water partition coefficient (Wildman–Crippen LogP) is 1.15. The zero-order valence-electron chi connectivity index (χ0n) is 12.0. The lowest BCUT2D eigenvalue weighted by Gasteiger charge is -2.30. The molecule has 0 aromatic heterocycles. The molecule has 116 valence electrons. The van der Waals surface area contributed by atoms with Crippen LogP contribution in [0.4, 0.5) is 0 Å². The fourth-order valence-corrected chi connectivity index (χ4v) is 3.82. The van der Waals surface area contributed by atoms with Crippen LogP contribution in [0.5, 0.6) is 0 Å². The summed E-state index contributed by atoms with van der Waals surface area (Å²) < 4.78 is 26.3. The minimum Gasteiger partial charge on any atom is -0.274 e. The standard InChI is InChI=1S/C14H20N2O4S/c1-2-20-15-14(17)12-8-10-16(11-9-12)21(18,19)13-6-4-3-5-7-13/h3-7,12H,2,8-11H2,1H3,(H,15,17). The molecule has 0 bridgehead atoms. The highest BCUT2D eigenvalue weighted by atomic mass is 32.2. The highest BCUT2D eigenvalue weighted by Gasteiger charge is 2.31. The number of benzene rings is 1. The number of nitrogens with one attached hydrogen (secondary N) is 1. The van der Waals surface area contributed by atoms with Gasteiger partial charge in [0.05, 0.1) is 11.5 Å². The number of rotatable bonds is 5. The van der Waals surface area contributed by atoms with Crippen molar-refractivity contribution in [2.75, 3.05) is 19.7 Å². The smallest absolute Gasteiger partial charge is 0.246 e. The van der Waals surface area contributed by atoms with Gasteiger partial charge in [-0.15, -0.1) is 0 Å². The van der Waals surface area contributed by atoms with Gasteiger partial charge in [-0.2, -0.15) is 4.31 Å². The lowest BCUT2D eigenvalue weighted by atomic mass is 9.98. The van der Waals surface area contributed by atoms with Gasteiger partial charge in [-0.1, -0.05) is 18.2 Å². The van der Waals surface area contributed by atoms with Crippen molar-refractivity contribution in [3.8, 4) is 0 Å². The van der Waals surface area contributed by atoms with E-state index in [0.717, 1.165) is 0 Å². The highest BCUT2D eigenvalue weighted by Crippen LogP contribution is 2.23. The maximum atomic E-state index is 12.4. The Bertz CT molecular complexity index is 566. The minimum absolute atomic E-state index is 0.173. The van der Waals surface area contributed by atoms with Crippen molar-refractivity contribution in [1.29, 1.82) is 0 Å². The molecular weight excluding hydrogens is 292 g/mol. The summed E-state index contributed by atoms with van der Waals surface area (Å²) in [6.07, 6.45) is 1.01. The molecule has 1 aromatic carbocycles. The van der Waals surface area contributed by atoms with Crippen molar-refractivity contribution in [3.63, 3.8) is 0 Å². The van der Waals surface area contributed by atoms with Crippen molar-refractivity contribution in [3.05, 3.63) is 30.3 Å². The van der Waals surface area contributed by atoms with E-state index in [-0.39, 0.29) is 11.8 Å². The zero-order valence-corrected chi connectivity index (χ0v) is 12.8. The number of carbonyl (C=O) groups is 1. The van der Waals surface area contributed by atoms with Gasteiger partial charge < -0.3 is 0 Å². The fourth-order valence-electron chi connectivity index (χ4n) is 2.33. The minimum atomic E-state index is -3.46. The Balaban J connectivity index is 1.96. The first-order valence-corrected chi connectivity index (χ1v) is 8.46. The molecule has 6 nitrogen and oxygen atoms in total. The van der Waals surface area contributed by atoms with Crippen LogP contribution < -0.4 is 5.48 Å². The van der Waals surface area contributed by atoms with Crippen LogP contribution in [0.2, 0.25) is 0 Å².